The highest BCUT2D eigenvalue weighted by atomic mass is 35.5. The molecule has 0 aromatic carbocycles. The third kappa shape index (κ3) is 13.3. The highest BCUT2D eigenvalue weighted by molar-refractivity contribution is 8.00. The van der Waals surface area contributed by atoms with E-state index in [1.54, 1.807) is 10.8 Å². The van der Waals surface area contributed by atoms with Crippen molar-refractivity contribution in [2.24, 2.45) is 10.3 Å². The molecule has 2 aromatic heterocycles. The molecule has 8 heterocycles. The van der Waals surface area contributed by atoms with Gasteiger partial charge in [0.2, 0.25) is 0 Å². The topological polar surface area (TPSA) is 357 Å². The number of likely N-dealkylation sites (N-methyl/N-ethyl adjacent to an activating group) is 2. The van der Waals surface area contributed by atoms with Gasteiger partial charge in [0.15, 0.2) is 21.7 Å². The van der Waals surface area contributed by atoms with Gasteiger partial charge in [-0.2, -0.15) is 0 Å². The molecule has 0 unspecified atom stereocenters. The Kier molecular flexibility index (Phi) is 24.1. The van der Waals surface area contributed by atoms with E-state index in [-0.39, 0.29) is 105 Å². The van der Waals surface area contributed by atoms with Crippen molar-refractivity contribution >= 4 is 128 Å². The predicted molar refractivity (Wildman–Crippen MR) is 261 cm³/mol. The highest BCUT2D eigenvalue weighted by Gasteiger charge is 2.56. The van der Waals surface area contributed by atoms with E-state index < -0.39 is 58.4 Å². The largest absolute Gasteiger partial charge is 1.00 e. The molecule has 0 radical (unpaired) electrons. The monoisotopic (exact) mass is 1140 g/mol. The minimum Gasteiger partial charge on any atom is -1.00 e. The number of anilines is 2. The number of likely N-dealkylation sites (tertiary alicyclic amines) is 2. The standard InChI is InChI=1S/2C19H24N6O5S2.4ClH.2H2O/c2*1-25(5-3-4-6-25)7-10-8-31-17-13(16(27)24(17)14(10)18(28)29)22-15(26)12(23-30-2)11-9-32-19(20)21-11;;;;;;/h2*9,13,17H,3-8H2,1-2H3,(H3-,20,21,22,26,28,29);4*1H;2*1H2/b2*23-12-;;;;;;/t2*13-,17-;;;;;;/m11....../s1. The number of hydrogen-bond acceptors (Lipinski definition) is 18. The molecule has 6 aliphatic heterocycles. The van der Waals surface area contributed by atoms with E-state index in [1.165, 1.54) is 47.5 Å². The Hall–Kier alpha value is -4.20. The van der Waals surface area contributed by atoms with E-state index in [2.05, 4.69) is 45.0 Å². The van der Waals surface area contributed by atoms with Gasteiger partial charge in [0, 0.05) is 59.1 Å². The Morgan fingerprint density at radius 2 is 1.03 bits per heavy atom. The van der Waals surface area contributed by atoms with Crippen molar-refractivity contribution < 1.29 is 93.4 Å². The lowest BCUT2D eigenvalue weighted by atomic mass is 10.0. The average Bonchev–Trinajstić information content (AvgIpc) is 4.09. The lowest BCUT2D eigenvalue weighted by molar-refractivity contribution is -0.893. The molecule has 392 valence electrons. The first-order valence-electron chi connectivity index (χ1n) is 20.2. The number of quaternary nitrogens is 2. The number of β-lactam (4-membered cyclic amide) rings is 2. The lowest BCUT2D eigenvalue weighted by Gasteiger charge is -2.49. The van der Waals surface area contributed by atoms with Crippen molar-refractivity contribution in [2.75, 3.05) is 90.6 Å². The maximum atomic E-state index is 12.9. The first-order valence-corrected chi connectivity index (χ1v) is 24.1. The van der Waals surface area contributed by atoms with Crippen molar-refractivity contribution in [3.63, 3.8) is 0 Å². The van der Waals surface area contributed by atoms with Crippen LogP contribution in [0.2, 0.25) is 0 Å². The molecule has 4 amide bonds. The number of aromatic nitrogens is 2. The van der Waals surface area contributed by atoms with Crippen LogP contribution in [0.5, 0.6) is 0 Å². The number of halogens is 4. The summed E-state index contributed by atoms with van der Waals surface area (Å²) in [6, 6.07) is -1.73. The van der Waals surface area contributed by atoms with Gasteiger partial charge in [-0.25, -0.2) is 19.6 Å². The molecule has 8 rings (SSSR count). The number of nitrogen functional groups attached to an aromatic ring is 2. The summed E-state index contributed by atoms with van der Waals surface area (Å²) in [4.78, 5) is 95.8. The first kappa shape index (κ1) is 63.8. The number of amides is 4. The van der Waals surface area contributed by atoms with Crippen molar-refractivity contribution in [3.05, 3.63) is 44.7 Å². The van der Waals surface area contributed by atoms with Gasteiger partial charge in [-0.05, 0) is 0 Å². The molecular weight excluding hydrogens is 1090 g/mol. The Morgan fingerprint density at radius 1 is 0.700 bits per heavy atom. The maximum Gasteiger partial charge on any atom is 0.352 e. The molecule has 0 bridgehead atoms. The maximum absolute atomic E-state index is 12.9. The number of hydrogen-bond donors (Lipinski definition) is 6. The molecular formula is C38H56Cl4N12O12S4. The number of carbonyl (C=O) groups excluding carboxylic acids is 4. The number of rotatable bonds is 14. The summed E-state index contributed by atoms with van der Waals surface area (Å²) in [5.74, 6) is -3.43. The molecule has 2 aromatic rings. The minimum atomic E-state index is -1.12. The number of nitrogens with zero attached hydrogens (tertiary/aromatic N) is 8. The summed E-state index contributed by atoms with van der Waals surface area (Å²) in [5, 5.41) is 35.2. The van der Waals surface area contributed by atoms with Gasteiger partial charge < -0.3 is 86.7 Å². The van der Waals surface area contributed by atoms with Gasteiger partial charge in [0.25, 0.3) is 23.6 Å². The zero-order valence-corrected chi connectivity index (χ0v) is 44.5. The Labute approximate surface area is 443 Å². The molecule has 24 nitrogen and oxygen atoms in total. The molecule has 0 aliphatic carbocycles. The van der Waals surface area contributed by atoms with E-state index >= 15 is 0 Å². The predicted octanol–water partition coefficient (Wildman–Crippen LogP) is -6.69. The SMILES string of the molecule is CO/N=C(\C(=O)N[C@@H]1C(=O)N2C(C(=O)O)=C(C[N+]3(C)CCCC3)CS[C@H]12)c1csc(N)n1.CO/N=C(\C(=O)N[C@@H]1C(=O)N2C(C(=O)O)=C(C[N+]3(C)CCCC3)CS[C@H]12)c1csc(N)n1.Cl.Cl.O.O.[Cl-].[Cl-]. The highest BCUT2D eigenvalue weighted by Crippen LogP contribution is 2.43. The van der Waals surface area contributed by atoms with Gasteiger partial charge in [-0.15, -0.1) is 71.0 Å². The van der Waals surface area contributed by atoms with Crippen LogP contribution >= 0.6 is 71.0 Å². The van der Waals surface area contributed by atoms with E-state index in [1.807, 2.05) is 0 Å². The minimum absolute atomic E-state index is 0. The van der Waals surface area contributed by atoms with Crippen LogP contribution in [0.4, 0.5) is 10.3 Å². The Morgan fingerprint density at radius 3 is 1.30 bits per heavy atom. The van der Waals surface area contributed by atoms with E-state index in [0.29, 0.717) is 24.6 Å². The number of nitrogens with one attached hydrogen (secondary N) is 2. The average molecular weight is 1140 g/mol. The molecule has 70 heavy (non-hydrogen) atoms. The van der Waals surface area contributed by atoms with Crippen LogP contribution in [0.15, 0.2) is 43.6 Å². The second-order valence-corrected chi connectivity index (χ2v) is 20.5. The Balaban J connectivity index is 0.000000645. The van der Waals surface area contributed by atoms with Crippen molar-refractivity contribution in [3.8, 4) is 0 Å². The van der Waals surface area contributed by atoms with Crippen LogP contribution in [0.25, 0.3) is 0 Å². The quantitative estimate of drug-likeness (QED) is 0.0443. The van der Waals surface area contributed by atoms with Crippen LogP contribution in [0, 0.1) is 0 Å². The fourth-order valence-corrected chi connectivity index (χ4v) is 12.6. The van der Waals surface area contributed by atoms with E-state index in [4.69, 9.17) is 21.1 Å². The third-order valence-corrected chi connectivity index (χ3v) is 15.9. The summed E-state index contributed by atoms with van der Waals surface area (Å²) < 4.78 is 1.57. The number of nitrogens with two attached hydrogens (primary N) is 2. The number of thiazole rings is 2. The number of thioether (sulfide) groups is 2. The molecule has 32 heteroatoms. The van der Waals surface area contributed by atoms with Gasteiger partial charge in [-0.3, -0.25) is 29.0 Å². The fourth-order valence-electron chi connectivity index (χ4n) is 8.85. The van der Waals surface area contributed by atoms with Crippen molar-refractivity contribution in [1.29, 1.82) is 0 Å². The molecule has 6 aliphatic rings. The van der Waals surface area contributed by atoms with Gasteiger partial charge in [0.1, 0.15) is 72.9 Å². The van der Waals surface area contributed by atoms with E-state index in [0.717, 1.165) is 94.6 Å². The summed E-state index contributed by atoms with van der Waals surface area (Å²) in [6.07, 6.45) is 4.48. The van der Waals surface area contributed by atoms with Gasteiger partial charge >= 0.3 is 11.9 Å². The molecule has 4 atom stereocenters. The van der Waals surface area contributed by atoms with Gasteiger partial charge in [0.05, 0.1) is 40.3 Å². The number of carboxylic acid groups (broad SMARTS) is 2. The lowest BCUT2D eigenvalue weighted by Crippen LogP contribution is -3.00. The normalized spacial score (nSPS) is 22.6. The van der Waals surface area contributed by atoms with Crippen molar-refractivity contribution in [1.82, 2.24) is 30.4 Å². The molecule has 0 saturated carbocycles. The number of fused-ring (bicyclic) bond motifs is 2. The first-order chi connectivity index (χ1) is 30.5. The zero-order chi connectivity index (χ0) is 46.1. The van der Waals surface area contributed by atoms with Crippen LogP contribution in [0.1, 0.15) is 37.1 Å². The fraction of sp³-hybridized carbons (Fsp3) is 0.526. The summed E-state index contributed by atoms with van der Waals surface area (Å²) in [7, 11) is 6.84. The second kappa shape index (κ2) is 26.5. The number of oxime groups is 2. The third-order valence-electron chi connectivity index (χ3n) is 11.8. The van der Waals surface area contributed by atoms with Crippen LogP contribution in [0.3, 0.4) is 0 Å². The molecule has 4 fully saturated rings. The van der Waals surface area contributed by atoms with Crippen molar-refractivity contribution in [2.45, 2.75) is 48.5 Å². The smallest absolute Gasteiger partial charge is 0.352 e. The zero-order valence-electron chi connectivity index (χ0n) is 38.0. The Bertz CT molecular complexity index is 2220. The second-order valence-electron chi connectivity index (χ2n) is 16.5. The van der Waals surface area contributed by atoms with Crippen LogP contribution in [-0.2, 0) is 38.4 Å². The van der Waals surface area contributed by atoms with Crippen LogP contribution < -0.4 is 46.9 Å². The number of carbonyl (C=O) groups is 6. The molecule has 0 spiro atoms. The summed E-state index contributed by atoms with van der Waals surface area (Å²) in [5.41, 5.74) is 13.2. The number of aliphatic carboxylic acids is 2. The van der Waals surface area contributed by atoms with E-state index in [9.17, 15) is 39.0 Å². The number of carboxylic acids is 2. The summed E-state index contributed by atoms with van der Waals surface area (Å²) >= 11 is 5.21. The molecule has 4 saturated heterocycles. The summed E-state index contributed by atoms with van der Waals surface area (Å²) in [6.45, 7) is 5.22. The van der Waals surface area contributed by atoms with Crippen LogP contribution in [-0.4, -0.2) is 199 Å². The van der Waals surface area contributed by atoms with Gasteiger partial charge in [-0.1, -0.05) is 10.3 Å². The molecule has 12 N–H and O–H groups in total.